The number of alkyl halides is 4. The van der Waals surface area contributed by atoms with Crippen molar-refractivity contribution < 1.29 is 4.74 Å². The second-order valence-corrected chi connectivity index (χ2v) is 7.67. The Morgan fingerprint density at radius 1 is 1.26 bits per heavy atom. The maximum Gasteiger partial charge on any atom is 0.266 e. The van der Waals surface area contributed by atoms with Crippen LogP contribution in [-0.4, -0.2) is 20.7 Å². The summed E-state index contributed by atoms with van der Waals surface area (Å²) in [5.74, 6) is 0.148. The first-order chi connectivity index (χ1) is 8.87. The average molecular weight is 453 g/mol. The van der Waals surface area contributed by atoms with Gasteiger partial charge in [0.1, 0.15) is 5.54 Å². The molecule has 1 aromatic rings. The van der Waals surface area contributed by atoms with Gasteiger partial charge in [-0.2, -0.15) is 0 Å². The molecule has 0 spiro atoms. The number of aliphatic imine (C=N–C) groups is 1. The summed E-state index contributed by atoms with van der Waals surface area (Å²) in [7, 11) is 0. The van der Waals surface area contributed by atoms with Gasteiger partial charge in [-0.25, -0.2) is 4.99 Å². The van der Waals surface area contributed by atoms with Gasteiger partial charge in [-0.15, -0.1) is 0 Å². The third-order valence-electron chi connectivity index (χ3n) is 2.92. The molecule has 104 valence electrons. The minimum atomic E-state index is -1.64. The highest BCUT2D eigenvalue weighted by Crippen LogP contribution is 2.39. The van der Waals surface area contributed by atoms with E-state index in [9.17, 15) is 0 Å². The van der Waals surface area contributed by atoms with Gasteiger partial charge in [0.25, 0.3) is 3.79 Å². The number of hydrogen-bond donors (Lipinski definition) is 0. The van der Waals surface area contributed by atoms with E-state index in [4.69, 9.17) is 51.1 Å². The molecule has 0 saturated carbocycles. The molecule has 1 heterocycles. The molecule has 1 aliphatic rings. The lowest BCUT2D eigenvalue weighted by molar-refractivity contribution is 0.221. The first-order valence-corrected chi connectivity index (χ1v) is 8.53. The van der Waals surface area contributed by atoms with Gasteiger partial charge < -0.3 is 4.74 Å². The van der Waals surface area contributed by atoms with E-state index in [1.54, 1.807) is 0 Å². The van der Waals surface area contributed by atoms with Crippen LogP contribution in [0, 0.1) is 0 Å². The van der Waals surface area contributed by atoms with E-state index in [2.05, 4.69) is 27.6 Å². The quantitative estimate of drug-likeness (QED) is 0.448. The lowest BCUT2D eigenvalue weighted by Crippen LogP contribution is -2.38. The van der Waals surface area contributed by atoms with Crippen LogP contribution in [0.1, 0.15) is 12.0 Å². The summed E-state index contributed by atoms with van der Waals surface area (Å²) in [4.78, 5) is 4.55. The van der Waals surface area contributed by atoms with Crippen molar-refractivity contribution in [1.82, 2.24) is 0 Å². The van der Waals surface area contributed by atoms with Crippen LogP contribution < -0.4 is 0 Å². The lowest BCUT2D eigenvalue weighted by Gasteiger charge is -2.34. The maximum atomic E-state index is 5.91. The van der Waals surface area contributed by atoms with E-state index in [-0.39, 0.29) is 5.90 Å². The van der Waals surface area contributed by atoms with Crippen LogP contribution in [0.2, 0.25) is 5.02 Å². The van der Waals surface area contributed by atoms with Crippen LogP contribution in [0.25, 0.3) is 0 Å². The zero-order valence-corrected chi connectivity index (χ0v) is 14.9. The second kappa shape index (κ2) is 6.14. The van der Waals surface area contributed by atoms with E-state index in [0.717, 1.165) is 16.4 Å². The van der Waals surface area contributed by atoms with Crippen molar-refractivity contribution in [3.05, 3.63) is 34.9 Å². The highest BCUT2D eigenvalue weighted by Gasteiger charge is 2.40. The third kappa shape index (κ3) is 3.62. The Morgan fingerprint density at radius 3 is 2.42 bits per heavy atom. The van der Waals surface area contributed by atoms with E-state index >= 15 is 0 Å². The molecule has 0 aliphatic carbocycles. The van der Waals surface area contributed by atoms with Crippen molar-refractivity contribution in [3.8, 4) is 0 Å². The fourth-order valence-electron chi connectivity index (χ4n) is 1.89. The van der Waals surface area contributed by atoms with E-state index in [0.29, 0.717) is 11.6 Å². The number of nitrogens with zero attached hydrogens (tertiary/aromatic N) is 1. The van der Waals surface area contributed by atoms with Crippen molar-refractivity contribution in [2.75, 3.05) is 11.0 Å². The SMILES string of the molecule is Clc1ccc([C@]2(CI)CCOC(C(Cl)(Cl)Cl)=N2)cc1. The molecule has 0 radical (unpaired) electrons. The third-order valence-corrected chi connectivity index (χ3v) is 4.91. The molecule has 1 aromatic carbocycles. The molecule has 2 rings (SSSR count). The predicted molar refractivity (Wildman–Crippen MR) is 90.3 cm³/mol. The van der Waals surface area contributed by atoms with E-state index in [1.165, 1.54) is 0 Å². The Bertz CT molecular complexity index is 485. The summed E-state index contributed by atoms with van der Waals surface area (Å²) >= 11 is 25.8. The summed E-state index contributed by atoms with van der Waals surface area (Å²) < 4.78 is 4.50. The molecular formula is C12H10Cl4INO. The minimum absolute atomic E-state index is 0.148. The molecule has 2 nitrogen and oxygen atoms in total. The average Bonchev–Trinajstić information content (AvgIpc) is 2.38. The lowest BCUT2D eigenvalue weighted by atomic mass is 9.89. The summed E-state index contributed by atoms with van der Waals surface area (Å²) in [6.45, 7) is 0.471. The van der Waals surface area contributed by atoms with Gasteiger partial charge in [0.15, 0.2) is 0 Å². The topological polar surface area (TPSA) is 21.6 Å². The fourth-order valence-corrected chi connectivity index (χ4v) is 3.30. The molecule has 19 heavy (non-hydrogen) atoms. The number of benzene rings is 1. The van der Waals surface area contributed by atoms with Crippen LogP contribution in [0.15, 0.2) is 29.3 Å². The number of ether oxygens (including phenoxy) is 1. The Labute approximate surface area is 145 Å². The van der Waals surface area contributed by atoms with Gasteiger partial charge in [-0.3, -0.25) is 0 Å². The molecule has 1 atom stereocenters. The molecule has 0 unspecified atom stereocenters. The zero-order valence-electron chi connectivity index (χ0n) is 9.68. The van der Waals surface area contributed by atoms with E-state index < -0.39 is 9.33 Å². The maximum absolute atomic E-state index is 5.91. The van der Waals surface area contributed by atoms with Crippen molar-refractivity contribution >= 4 is 74.9 Å². The monoisotopic (exact) mass is 451 g/mol. The Balaban J connectivity index is 2.45. The van der Waals surface area contributed by atoms with Crippen LogP contribution in [-0.2, 0) is 10.3 Å². The molecule has 0 bridgehead atoms. The summed E-state index contributed by atoms with van der Waals surface area (Å²) in [6.07, 6.45) is 0.738. The van der Waals surface area contributed by atoms with Gasteiger partial charge in [0.05, 0.1) is 6.61 Å². The van der Waals surface area contributed by atoms with Crippen LogP contribution in [0.4, 0.5) is 0 Å². The molecule has 7 heteroatoms. The standard InChI is InChI=1S/C12H10Cl4INO/c13-9-3-1-8(2-4-9)11(7-17)5-6-19-10(18-11)12(14,15)16/h1-4H,5-7H2/t11-/m1/s1. The van der Waals surface area contributed by atoms with Crippen molar-refractivity contribution in [3.63, 3.8) is 0 Å². The van der Waals surface area contributed by atoms with Crippen LogP contribution >= 0.6 is 69.0 Å². The van der Waals surface area contributed by atoms with Crippen LogP contribution in [0.3, 0.4) is 0 Å². The molecule has 0 amide bonds. The van der Waals surface area contributed by atoms with Gasteiger partial charge in [-0.1, -0.05) is 81.1 Å². The number of rotatable bonds is 2. The van der Waals surface area contributed by atoms with Crippen molar-refractivity contribution in [2.24, 2.45) is 4.99 Å². The fraction of sp³-hybridized carbons (Fsp3) is 0.417. The highest BCUT2D eigenvalue weighted by molar-refractivity contribution is 14.1. The smallest absolute Gasteiger partial charge is 0.266 e. The Hall–Kier alpha value is 0.580. The van der Waals surface area contributed by atoms with Gasteiger partial charge in [-0.05, 0) is 17.7 Å². The van der Waals surface area contributed by atoms with Gasteiger partial charge in [0, 0.05) is 15.9 Å². The predicted octanol–water partition coefficient (Wildman–Crippen LogP) is 5.16. The summed E-state index contributed by atoms with van der Waals surface area (Å²) in [6, 6.07) is 7.58. The van der Waals surface area contributed by atoms with Crippen molar-refractivity contribution in [2.45, 2.75) is 15.8 Å². The molecule has 0 fully saturated rings. The second-order valence-electron chi connectivity index (χ2n) is 4.19. The zero-order chi connectivity index (χ0) is 14.1. The van der Waals surface area contributed by atoms with Crippen molar-refractivity contribution in [1.29, 1.82) is 0 Å². The summed E-state index contributed by atoms with van der Waals surface area (Å²) in [5.41, 5.74) is 0.615. The van der Waals surface area contributed by atoms with Crippen LogP contribution in [0.5, 0.6) is 0 Å². The Morgan fingerprint density at radius 2 is 1.89 bits per heavy atom. The summed E-state index contributed by atoms with van der Waals surface area (Å²) in [5, 5.41) is 0.685. The number of halogens is 5. The Kier molecular flexibility index (Phi) is 5.16. The minimum Gasteiger partial charge on any atom is -0.478 e. The molecule has 0 aromatic heterocycles. The van der Waals surface area contributed by atoms with Gasteiger partial charge in [0.2, 0.25) is 5.90 Å². The first kappa shape index (κ1) is 16.0. The normalized spacial score (nSPS) is 23.7. The first-order valence-electron chi connectivity index (χ1n) is 5.49. The van der Waals surface area contributed by atoms with Gasteiger partial charge >= 0.3 is 0 Å². The molecule has 1 aliphatic heterocycles. The molecule has 0 N–H and O–H groups in total. The number of hydrogen-bond acceptors (Lipinski definition) is 2. The van der Waals surface area contributed by atoms with E-state index in [1.807, 2.05) is 24.3 Å². The molecular weight excluding hydrogens is 443 g/mol. The highest BCUT2D eigenvalue weighted by atomic mass is 127. The molecule has 0 saturated heterocycles. The largest absolute Gasteiger partial charge is 0.478 e.